The summed E-state index contributed by atoms with van der Waals surface area (Å²) in [5.74, 6) is 1.86. The van der Waals surface area contributed by atoms with Crippen LogP contribution in [0.3, 0.4) is 0 Å². The lowest BCUT2D eigenvalue weighted by Crippen LogP contribution is -2.13. The summed E-state index contributed by atoms with van der Waals surface area (Å²) in [7, 11) is 1.70. The van der Waals surface area contributed by atoms with Crippen molar-refractivity contribution in [3.63, 3.8) is 0 Å². The molecular formula is C18H23NO2. The molecule has 2 aromatic carbocycles. The molecule has 0 heterocycles. The van der Waals surface area contributed by atoms with Gasteiger partial charge in [-0.3, -0.25) is 0 Å². The first-order valence-corrected chi connectivity index (χ1v) is 7.38. The van der Waals surface area contributed by atoms with Crippen LogP contribution in [0.15, 0.2) is 48.5 Å². The Kier molecular flexibility index (Phi) is 6.10. The van der Waals surface area contributed by atoms with Crippen LogP contribution in [0.2, 0.25) is 0 Å². The van der Waals surface area contributed by atoms with Gasteiger partial charge < -0.3 is 14.8 Å². The molecule has 3 nitrogen and oxygen atoms in total. The van der Waals surface area contributed by atoms with E-state index in [2.05, 4.69) is 30.4 Å². The summed E-state index contributed by atoms with van der Waals surface area (Å²) >= 11 is 0. The van der Waals surface area contributed by atoms with Gasteiger partial charge in [-0.1, -0.05) is 37.3 Å². The van der Waals surface area contributed by atoms with Gasteiger partial charge in [-0.25, -0.2) is 0 Å². The van der Waals surface area contributed by atoms with E-state index in [4.69, 9.17) is 9.47 Å². The number of benzene rings is 2. The summed E-state index contributed by atoms with van der Waals surface area (Å²) in [4.78, 5) is 0. The van der Waals surface area contributed by atoms with E-state index in [1.54, 1.807) is 7.11 Å². The van der Waals surface area contributed by atoms with Crippen LogP contribution in [-0.2, 0) is 13.1 Å². The van der Waals surface area contributed by atoms with Gasteiger partial charge in [0.15, 0.2) is 0 Å². The Labute approximate surface area is 126 Å². The SMILES string of the molecule is CCCOc1cccc(CNCc2ccccc2OC)c1. The molecule has 0 fully saturated rings. The van der Waals surface area contributed by atoms with E-state index in [9.17, 15) is 0 Å². The molecule has 0 bridgehead atoms. The molecule has 3 heteroatoms. The number of methoxy groups -OCH3 is 1. The van der Waals surface area contributed by atoms with E-state index in [1.807, 2.05) is 30.3 Å². The zero-order valence-corrected chi connectivity index (χ0v) is 12.8. The largest absolute Gasteiger partial charge is 0.496 e. The molecule has 2 aromatic rings. The lowest BCUT2D eigenvalue weighted by Gasteiger charge is -2.10. The van der Waals surface area contributed by atoms with Crippen LogP contribution in [0.5, 0.6) is 11.5 Å². The first kappa shape index (κ1) is 15.4. The molecule has 0 radical (unpaired) electrons. The van der Waals surface area contributed by atoms with Gasteiger partial charge >= 0.3 is 0 Å². The highest BCUT2D eigenvalue weighted by Crippen LogP contribution is 2.17. The third kappa shape index (κ3) is 4.80. The van der Waals surface area contributed by atoms with Crippen molar-refractivity contribution in [2.45, 2.75) is 26.4 Å². The molecular weight excluding hydrogens is 262 g/mol. The van der Waals surface area contributed by atoms with Gasteiger partial charge in [0.25, 0.3) is 0 Å². The van der Waals surface area contributed by atoms with Crippen molar-refractivity contribution in [1.29, 1.82) is 0 Å². The Bertz CT molecular complexity index is 554. The zero-order chi connectivity index (χ0) is 14.9. The second-order valence-corrected chi connectivity index (χ2v) is 4.91. The molecule has 112 valence electrons. The van der Waals surface area contributed by atoms with Crippen molar-refractivity contribution in [3.8, 4) is 11.5 Å². The van der Waals surface area contributed by atoms with Crippen LogP contribution in [0.1, 0.15) is 24.5 Å². The Morgan fingerprint density at radius 2 is 1.86 bits per heavy atom. The molecule has 0 unspecified atom stereocenters. The minimum atomic E-state index is 0.762. The summed E-state index contributed by atoms with van der Waals surface area (Å²) in [6, 6.07) is 16.3. The summed E-state index contributed by atoms with van der Waals surface area (Å²) in [5.41, 5.74) is 2.39. The van der Waals surface area contributed by atoms with Crippen LogP contribution < -0.4 is 14.8 Å². The molecule has 0 amide bonds. The van der Waals surface area contributed by atoms with E-state index in [1.165, 1.54) is 11.1 Å². The average Bonchev–Trinajstić information content (AvgIpc) is 2.54. The van der Waals surface area contributed by atoms with E-state index >= 15 is 0 Å². The summed E-state index contributed by atoms with van der Waals surface area (Å²) in [6.45, 7) is 4.46. The molecule has 0 aliphatic carbocycles. The van der Waals surface area contributed by atoms with Gasteiger partial charge in [-0.05, 0) is 30.2 Å². The molecule has 0 atom stereocenters. The van der Waals surface area contributed by atoms with Crippen molar-refractivity contribution in [2.24, 2.45) is 0 Å². The Morgan fingerprint density at radius 3 is 2.67 bits per heavy atom. The Morgan fingerprint density at radius 1 is 1.00 bits per heavy atom. The fraction of sp³-hybridized carbons (Fsp3) is 0.333. The lowest BCUT2D eigenvalue weighted by molar-refractivity contribution is 0.317. The predicted molar refractivity (Wildman–Crippen MR) is 85.8 cm³/mol. The van der Waals surface area contributed by atoms with E-state index in [0.717, 1.165) is 37.6 Å². The second kappa shape index (κ2) is 8.32. The fourth-order valence-electron chi connectivity index (χ4n) is 2.16. The van der Waals surface area contributed by atoms with Crippen molar-refractivity contribution in [2.75, 3.05) is 13.7 Å². The number of hydrogen-bond acceptors (Lipinski definition) is 3. The molecule has 1 N–H and O–H groups in total. The van der Waals surface area contributed by atoms with Crippen molar-refractivity contribution in [1.82, 2.24) is 5.32 Å². The standard InChI is InChI=1S/C18H23NO2/c1-3-11-21-17-9-6-7-15(12-17)13-19-14-16-8-4-5-10-18(16)20-2/h4-10,12,19H,3,11,13-14H2,1-2H3. The normalized spacial score (nSPS) is 10.4. The molecule has 21 heavy (non-hydrogen) atoms. The van der Waals surface area contributed by atoms with Crippen LogP contribution in [0, 0.1) is 0 Å². The van der Waals surface area contributed by atoms with Crippen LogP contribution in [-0.4, -0.2) is 13.7 Å². The minimum Gasteiger partial charge on any atom is -0.496 e. The van der Waals surface area contributed by atoms with Crippen LogP contribution in [0.4, 0.5) is 0 Å². The topological polar surface area (TPSA) is 30.5 Å². The first-order chi connectivity index (χ1) is 10.3. The number of hydrogen-bond donors (Lipinski definition) is 1. The van der Waals surface area contributed by atoms with Crippen LogP contribution in [0.25, 0.3) is 0 Å². The highest BCUT2D eigenvalue weighted by molar-refractivity contribution is 5.33. The maximum Gasteiger partial charge on any atom is 0.123 e. The smallest absolute Gasteiger partial charge is 0.123 e. The summed E-state index contributed by atoms with van der Waals surface area (Å²) in [5, 5.41) is 3.44. The maximum atomic E-state index is 5.65. The second-order valence-electron chi connectivity index (χ2n) is 4.91. The molecule has 0 saturated carbocycles. The van der Waals surface area contributed by atoms with Crippen LogP contribution >= 0.6 is 0 Å². The summed E-state index contributed by atoms with van der Waals surface area (Å²) in [6.07, 6.45) is 1.02. The number of nitrogens with one attached hydrogen (secondary N) is 1. The zero-order valence-electron chi connectivity index (χ0n) is 12.8. The molecule has 0 spiro atoms. The first-order valence-electron chi connectivity index (χ1n) is 7.38. The molecule has 2 rings (SSSR count). The maximum absolute atomic E-state index is 5.65. The van der Waals surface area contributed by atoms with E-state index < -0.39 is 0 Å². The number of rotatable bonds is 8. The lowest BCUT2D eigenvalue weighted by atomic mass is 10.2. The minimum absolute atomic E-state index is 0.762. The quantitative estimate of drug-likeness (QED) is 0.801. The van der Waals surface area contributed by atoms with Crippen molar-refractivity contribution in [3.05, 3.63) is 59.7 Å². The van der Waals surface area contributed by atoms with Crippen molar-refractivity contribution >= 4 is 0 Å². The summed E-state index contributed by atoms with van der Waals surface area (Å²) < 4.78 is 11.0. The third-order valence-corrected chi connectivity index (χ3v) is 3.21. The molecule has 0 aliphatic rings. The molecule has 0 aromatic heterocycles. The molecule has 0 saturated heterocycles. The highest BCUT2D eigenvalue weighted by atomic mass is 16.5. The van der Waals surface area contributed by atoms with Crippen molar-refractivity contribution < 1.29 is 9.47 Å². The van der Waals surface area contributed by atoms with Gasteiger partial charge in [-0.15, -0.1) is 0 Å². The average molecular weight is 285 g/mol. The van der Waals surface area contributed by atoms with Gasteiger partial charge in [0.05, 0.1) is 13.7 Å². The monoisotopic (exact) mass is 285 g/mol. The van der Waals surface area contributed by atoms with Gasteiger partial charge in [0, 0.05) is 18.7 Å². The van der Waals surface area contributed by atoms with Gasteiger partial charge in [-0.2, -0.15) is 0 Å². The third-order valence-electron chi connectivity index (χ3n) is 3.21. The van der Waals surface area contributed by atoms with Gasteiger partial charge in [0.1, 0.15) is 11.5 Å². The van der Waals surface area contributed by atoms with Gasteiger partial charge in [0.2, 0.25) is 0 Å². The Balaban J connectivity index is 1.88. The van der Waals surface area contributed by atoms with E-state index in [0.29, 0.717) is 0 Å². The fourth-order valence-corrected chi connectivity index (χ4v) is 2.16. The number of ether oxygens (including phenoxy) is 2. The Hall–Kier alpha value is -2.00. The highest BCUT2D eigenvalue weighted by Gasteiger charge is 2.01. The van der Waals surface area contributed by atoms with E-state index in [-0.39, 0.29) is 0 Å². The predicted octanol–water partition coefficient (Wildman–Crippen LogP) is 3.77. The molecule has 0 aliphatic heterocycles. The number of para-hydroxylation sites is 1.